The molecule has 0 aliphatic heterocycles. The van der Waals surface area contributed by atoms with E-state index in [-0.39, 0.29) is 32.7 Å². The highest BCUT2D eigenvalue weighted by molar-refractivity contribution is 7.91. The Bertz CT molecular complexity index is 1550. The van der Waals surface area contributed by atoms with Crippen molar-refractivity contribution in [3.05, 3.63) is 69.6 Å². The SMILES string of the molecule is Cc1ccc2nc3c(cc(S(=O)(=O)c4ccc(Cl)cc4)c(N)[n+]3CCCOC(C)C)c(=O)n2c1. The highest BCUT2D eigenvalue weighted by Crippen LogP contribution is 2.27. The lowest BCUT2D eigenvalue weighted by atomic mass is 10.2. The number of aromatic nitrogens is 3. The standard InChI is InChI=1S/C24H25ClN4O4S/c1-15(2)33-12-4-11-28-22(26)20(34(31,32)18-8-6-17(25)7-9-18)13-19-23(28)27-21-10-5-16(3)14-29(21)24(19)30/h5-10,13-15,26H,4,11-12H2,1-3H3/p+1. The van der Waals surface area contributed by atoms with Crippen LogP contribution in [0.4, 0.5) is 5.82 Å². The Hall–Kier alpha value is -3.01. The normalized spacial score (nSPS) is 12.1. The lowest BCUT2D eigenvalue weighted by Gasteiger charge is -2.13. The summed E-state index contributed by atoms with van der Waals surface area (Å²) < 4.78 is 35.7. The molecule has 0 saturated carbocycles. The number of benzene rings is 1. The van der Waals surface area contributed by atoms with E-state index in [1.807, 2.05) is 26.8 Å². The summed E-state index contributed by atoms with van der Waals surface area (Å²) in [6.07, 6.45) is 2.29. The van der Waals surface area contributed by atoms with Crippen LogP contribution in [0.1, 0.15) is 25.8 Å². The Morgan fingerprint density at radius 3 is 2.56 bits per heavy atom. The summed E-state index contributed by atoms with van der Waals surface area (Å²) >= 11 is 5.94. The second-order valence-corrected chi connectivity index (χ2v) is 10.7. The first-order chi connectivity index (χ1) is 16.1. The number of anilines is 1. The molecule has 4 rings (SSSR count). The number of nitrogen functional groups attached to an aromatic ring is 1. The summed E-state index contributed by atoms with van der Waals surface area (Å²) in [4.78, 5) is 17.9. The minimum atomic E-state index is -4.03. The number of hydrogen-bond acceptors (Lipinski definition) is 6. The zero-order chi connectivity index (χ0) is 24.6. The molecule has 0 fully saturated rings. The number of rotatable bonds is 7. The molecule has 0 atom stereocenters. The fourth-order valence-electron chi connectivity index (χ4n) is 3.76. The molecule has 0 aliphatic carbocycles. The molecule has 3 aromatic heterocycles. The molecule has 4 aromatic rings. The molecule has 0 spiro atoms. The number of aryl methyl sites for hydroxylation is 2. The summed E-state index contributed by atoms with van der Waals surface area (Å²) in [5, 5.41) is 0.574. The number of ether oxygens (including phenoxy) is 1. The maximum Gasteiger partial charge on any atom is 0.278 e. The minimum absolute atomic E-state index is 0.00959. The molecular weight excluding hydrogens is 476 g/mol. The molecule has 0 amide bonds. The third-order valence-corrected chi connectivity index (χ3v) is 7.50. The number of nitrogens with zero attached hydrogens (tertiary/aromatic N) is 3. The van der Waals surface area contributed by atoms with Gasteiger partial charge in [-0.1, -0.05) is 22.7 Å². The van der Waals surface area contributed by atoms with Crippen molar-refractivity contribution in [2.45, 2.75) is 49.6 Å². The molecule has 178 valence electrons. The molecule has 0 radical (unpaired) electrons. The monoisotopic (exact) mass is 501 g/mol. The lowest BCUT2D eigenvalue weighted by molar-refractivity contribution is -0.661. The molecule has 1 aromatic carbocycles. The summed E-state index contributed by atoms with van der Waals surface area (Å²) in [6, 6.07) is 10.7. The topological polar surface area (TPSA) is 108 Å². The second-order valence-electron chi connectivity index (χ2n) is 8.36. The van der Waals surface area contributed by atoms with Crippen LogP contribution in [0, 0.1) is 6.92 Å². The van der Waals surface area contributed by atoms with E-state index in [1.54, 1.807) is 16.8 Å². The van der Waals surface area contributed by atoms with Crippen LogP contribution >= 0.6 is 11.6 Å². The van der Waals surface area contributed by atoms with Crippen LogP contribution in [-0.2, 0) is 21.1 Å². The van der Waals surface area contributed by atoms with Gasteiger partial charge in [0, 0.05) is 24.2 Å². The van der Waals surface area contributed by atoms with E-state index in [0.717, 1.165) is 5.56 Å². The first-order valence-corrected chi connectivity index (χ1v) is 12.7. The van der Waals surface area contributed by atoms with E-state index in [4.69, 9.17) is 22.1 Å². The van der Waals surface area contributed by atoms with Gasteiger partial charge in [0.2, 0.25) is 21.3 Å². The average molecular weight is 502 g/mol. The number of halogens is 1. The van der Waals surface area contributed by atoms with Gasteiger partial charge >= 0.3 is 0 Å². The van der Waals surface area contributed by atoms with Crippen molar-refractivity contribution in [1.29, 1.82) is 0 Å². The third kappa shape index (κ3) is 4.51. The molecule has 3 heterocycles. The van der Waals surface area contributed by atoms with E-state index in [0.29, 0.717) is 35.9 Å². The van der Waals surface area contributed by atoms with E-state index in [2.05, 4.69) is 4.98 Å². The molecular formula is C24H26ClN4O4S+. The zero-order valence-electron chi connectivity index (χ0n) is 19.2. The molecule has 0 aliphatic rings. The fraction of sp³-hybridized carbons (Fsp3) is 0.292. The van der Waals surface area contributed by atoms with Crippen LogP contribution in [0.3, 0.4) is 0 Å². The van der Waals surface area contributed by atoms with Gasteiger partial charge in [-0.25, -0.2) is 13.0 Å². The van der Waals surface area contributed by atoms with Crippen LogP contribution in [0.25, 0.3) is 16.7 Å². The van der Waals surface area contributed by atoms with Crippen molar-refractivity contribution in [3.63, 3.8) is 0 Å². The van der Waals surface area contributed by atoms with Crippen molar-refractivity contribution in [3.8, 4) is 0 Å². The number of nitrogens with two attached hydrogens (primary N) is 1. The van der Waals surface area contributed by atoms with Crippen LogP contribution < -0.4 is 15.9 Å². The predicted molar refractivity (Wildman–Crippen MR) is 131 cm³/mol. The van der Waals surface area contributed by atoms with Crippen LogP contribution in [0.5, 0.6) is 0 Å². The Balaban J connectivity index is 1.98. The van der Waals surface area contributed by atoms with Gasteiger partial charge in [0.05, 0.1) is 17.5 Å². The number of fused-ring (bicyclic) bond motifs is 2. The first kappa shape index (κ1) is 24.1. The van der Waals surface area contributed by atoms with Gasteiger partial charge < -0.3 is 10.5 Å². The van der Waals surface area contributed by atoms with Crippen molar-refractivity contribution in [2.24, 2.45) is 0 Å². The molecule has 2 N–H and O–H groups in total. The fourth-order valence-corrected chi connectivity index (χ4v) is 5.29. The largest absolute Gasteiger partial charge is 0.379 e. The highest BCUT2D eigenvalue weighted by Gasteiger charge is 2.29. The Morgan fingerprint density at radius 1 is 1.18 bits per heavy atom. The van der Waals surface area contributed by atoms with E-state index >= 15 is 0 Å². The number of pyridine rings is 2. The van der Waals surface area contributed by atoms with Crippen LogP contribution in [0.15, 0.2) is 63.2 Å². The maximum atomic E-state index is 13.5. The van der Waals surface area contributed by atoms with Gasteiger partial charge in [0.25, 0.3) is 11.2 Å². The van der Waals surface area contributed by atoms with Crippen molar-refractivity contribution < 1.29 is 17.7 Å². The first-order valence-electron chi connectivity index (χ1n) is 10.9. The second kappa shape index (κ2) is 9.32. The molecule has 0 saturated heterocycles. The van der Waals surface area contributed by atoms with Crippen molar-refractivity contribution in [2.75, 3.05) is 12.3 Å². The Labute approximate surface area is 202 Å². The maximum absolute atomic E-state index is 13.5. The van der Waals surface area contributed by atoms with E-state index in [9.17, 15) is 13.2 Å². The van der Waals surface area contributed by atoms with Crippen LogP contribution in [-0.4, -0.2) is 30.5 Å². The quantitative estimate of drug-likeness (QED) is 0.236. The van der Waals surface area contributed by atoms with Gasteiger partial charge in [-0.3, -0.25) is 9.20 Å². The number of hydrogen-bond donors (Lipinski definition) is 1. The summed E-state index contributed by atoms with van der Waals surface area (Å²) in [5.41, 5.74) is 7.71. The summed E-state index contributed by atoms with van der Waals surface area (Å²) in [6.45, 7) is 6.52. The Kier molecular flexibility index (Phi) is 6.62. The summed E-state index contributed by atoms with van der Waals surface area (Å²) in [7, 11) is -4.03. The predicted octanol–water partition coefficient (Wildman–Crippen LogP) is 3.33. The van der Waals surface area contributed by atoms with Gasteiger partial charge in [0.1, 0.15) is 10.3 Å². The van der Waals surface area contributed by atoms with Crippen LogP contribution in [0.2, 0.25) is 5.02 Å². The molecule has 34 heavy (non-hydrogen) atoms. The number of sulfone groups is 1. The molecule has 10 heteroatoms. The smallest absolute Gasteiger partial charge is 0.278 e. The van der Waals surface area contributed by atoms with E-state index in [1.165, 1.54) is 34.7 Å². The molecule has 0 bridgehead atoms. The van der Waals surface area contributed by atoms with Gasteiger partial charge in [0.15, 0.2) is 0 Å². The lowest BCUT2D eigenvalue weighted by Crippen LogP contribution is -2.42. The van der Waals surface area contributed by atoms with E-state index < -0.39 is 9.84 Å². The summed E-state index contributed by atoms with van der Waals surface area (Å²) in [5.74, 6) is 0.00959. The average Bonchev–Trinajstić information content (AvgIpc) is 2.78. The van der Waals surface area contributed by atoms with Gasteiger partial charge in [-0.2, -0.15) is 0 Å². The Morgan fingerprint density at radius 2 is 1.88 bits per heavy atom. The van der Waals surface area contributed by atoms with Gasteiger partial charge in [-0.05, 0) is 62.7 Å². The van der Waals surface area contributed by atoms with Gasteiger partial charge in [-0.15, -0.1) is 0 Å². The highest BCUT2D eigenvalue weighted by atomic mass is 35.5. The minimum Gasteiger partial charge on any atom is -0.379 e. The third-order valence-electron chi connectivity index (χ3n) is 5.45. The molecule has 8 nitrogen and oxygen atoms in total. The molecule has 0 unspecified atom stereocenters. The van der Waals surface area contributed by atoms with Crippen molar-refractivity contribution in [1.82, 2.24) is 9.38 Å². The van der Waals surface area contributed by atoms with Crippen molar-refractivity contribution >= 4 is 43.9 Å². The zero-order valence-corrected chi connectivity index (χ0v) is 20.7.